The van der Waals surface area contributed by atoms with Crippen molar-refractivity contribution in [3.8, 4) is 5.13 Å². The monoisotopic (exact) mass is 386 g/mol. The van der Waals surface area contributed by atoms with Crippen molar-refractivity contribution < 1.29 is 18.7 Å². The highest BCUT2D eigenvalue weighted by atomic mass is 32.1. The second-order valence-electron chi connectivity index (χ2n) is 6.15. The molecule has 3 aromatic rings. The van der Waals surface area contributed by atoms with Gasteiger partial charge < -0.3 is 4.74 Å². The van der Waals surface area contributed by atoms with E-state index in [4.69, 9.17) is 4.74 Å². The van der Waals surface area contributed by atoms with Crippen molar-refractivity contribution in [2.24, 2.45) is 0 Å². The van der Waals surface area contributed by atoms with Crippen molar-refractivity contribution in [3.05, 3.63) is 70.2 Å². The molecule has 0 fully saturated rings. The molecule has 0 bridgehead atoms. The van der Waals surface area contributed by atoms with Gasteiger partial charge in [0.2, 0.25) is 5.78 Å². The Labute approximate surface area is 160 Å². The molecule has 1 aromatic carbocycles. The van der Waals surface area contributed by atoms with E-state index in [9.17, 15) is 14.0 Å². The number of hydrogen-bond acceptors (Lipinski definition) is 5. The van der Waals surface area contributed by atoms with Gasteiger partial charge in [-0.3, -0.25) is 14.2 Å². The first-order valence-corrected chi connectivity index (χ1v) is 9.35. The van der Waals surface area contributed by atoms with Crippen molar-refractivity contribution >= 4 is 23.1 Å². The van der Waals surface area contributed by atoms with Crippen LogP contribution in [0.15, 0.2) is 41.9 Å². The summed E-state index contributed by atoms with van der Waals surface area (Å²) in [7, 11) is 0. The van der Waals surface area contributed by atoms with Crippen LogP contribution in [0.3, 0.4) is 0 Å². The number of aryl methyl sites for hydroxylation is 2. The minimum Gasteiger partial charge on any atom is -0.457 e. The number of aromatic nitrogens is 2. The third-order valence-corrected chi connectivity index (χ3v) is 4.99. The second-order valence-corrected chi connectivity index (χ2v) is 7.02. The number of rotatable bonds is 7. The summed E-state index contributed by atoms with van der Waals surface area (Å²) in [5, 5.41) is 2.67. The Morgan fingerprint density at radius 3 is 2.63 bits per heavy atom. The molecular weight excluding hydrogens is 367 g/mol. The number of halogens is 1. The summed E-state index contributed by atoms with van der Waals surface area (Å²) in [6.45, 7) is 3.45. The van der Waals surface area contributed by atoms with Gasteiger partial charge in [-0.25, -0.2) is 9.37 Å². The molecule has 0 spiro atoms. The number of ketones is 1. The lowest BCUT2D eigenvalue weighted by Gasteiger charge is -2.06. The largest absolute Gasteiger partial charge is 0.457 e. The van der Waals surface area contributed by atoms with Gasteiger partial charge in [0.25, 0.3) is 0 Å². The predicted molar refractivity (Wildman–Crippen MR) is 101 cm³/mol. The first kappa shape index (κ1) is 19.0. The van der Waals surface area contributed by atoms with Crippen LogP contribution in [-0.4, -0.2) is 27.9 Å². The van der Waals surface area contributed by atoms with Crippen LogP contribution in [0, 0.1) is 19.7 Å². The van der Waals surface area contributed by atoms with E-state index in [2.05, 4.69) is 4.98 Å². The van der Waals surface area contributed by atoms with Crippen LogP contribution in [0.2, 0.25) is 0 Å². The number of carbonyl (C=O) groups excluding carboxylic acids is 2. The summed E-state index contributed by atoms with van der Waals surface area (Å²) < 4.78 is 19.9. The normalized spacial score (nSPS) is 10.8. The number of carbonyl (C=O) groups is 2. The van der Waals surface area contributed by atoms with E-state index in [-0.39, 0.29) is 24.6 Å². The minimum absolute atomic E-state index is 0.136. The predicted octanol–water partition coefficient (Wildman–Crippen LogP) is 4.05. The molecule has 2 aromatic heterocycles. The van der Waals surface area contributed by atoms with Gasteiger partial charge in [0.1, 0.15) is 5.82 Å². The maximum Gasteiger partial charge on any atom is 0.306 e. The Morgan fingerprint density at radius 1 is 1.22 bits per heavy atom. The molecule has 0 aliphatic rings. The maximum absolute atomic E-state index is 12.9. The van der Waals surface area contributed by atoms with Crippen LogP contribution in [0.1, 0.15) is 33.7 Å². The molecule has 0 aliphatic carbocycles. The summed E-state index contributed by atoms with van der Waals surface area (Å²) in [6.07, 6.45) is 2.28. The molecule has 3 rings (SSSR count). The van der Waals surface area contributed by atoms with E-state index in [1.807, 2.05) is 23.8 Å². The molecule has 27 heavy (non-hydrogen) atoms. The fourth-order valence-electron chi connectivity index (χ4n) is 2.86. The van der Waals surface area contributed by atoms with Crippen LogP contribution in [0.4, 0.5) is 4.39 Å². The zero-order valence-corrected chi connectivity index (χ0v) is 15.9. The lowest BCUT2D eigenvalue weighted by molar-refractivity contribution is -0.142. The summed E-state index contributed by atoms with van der Waals surface area (Å²) in [6, 6.07) is 7.73. The van der Waals surface area contributed by atoms with E-state index < -0.39 is 5.97 Å². The van der Waals surface area contributed by atoms with E-state index in [1.165, 1.54) is 23.5 Å². The number of nitrogens with zero attached hydrogens (tertiary/aromatic N) is 2. The molecule has 2 heterocycles. The Hall–Kier alpha value is -2.80. The highest BCUT2D eigenvalue weighted by molar-refractivity contribution is 7.12. The van der Waals surface area contributed by atoms with Gasteiger partial charge in [0.15, 0.2) is 11.7 Å². The van der Waals surface area contributed by atoms with E-state index in [1.54, 1.807) is 24.4 Å². The van der Waals surface area contributed by atoms with Crippen molar-refractivity contribution in [2.45, 2.75) is 26.7 Å². The first-order valence-electron chi connectivity index (χ1n) is 8.48. The van der Waals surface area contributed by atoms with Gasteiger partial charge >= 0.3 is 5.97 Å². The van der Waals surface area contributed by atoms with Crippen LogP contribution in [0.25, 0.3) is 5.13 Å². The van der Waals surface area contributed by atoms with Crippen molar-refractivity contribution in [1.29, 1.82) is 0 Å². The van der Waals surface area contributed by atoms with Gasteiger partial charge in [-0.05, 0) is 44.0 Å². The summed E-state index contributed by atoms with van der Waals surface area (Å²) in [5.74, 6) is -1.02. The number of ether oxygens (including phenoxy) is 1. The zero-order valence-electron chi connectivity index (χ0n) is 15.1. The van der Waals surface area contributed by atoms with Crippen LogP contribution in [-0.2, 0) is 16.0 Å². The quantitative estimate of drug-likeness (QED) is 0.454. The molecule has 0 saturated heterocycles. The molecule has 0 aliphatic heterocycles. The Balaban J connectivity index is 1.57. The lowest BCUT2D eigenvalue weighted by atomic mass is 10.1. The average molecular weight is 386 g/mol. The molecule has 140 valence electrons. The fraction of sp³-hybridized carbons (Fsp3) is 0.250. The Bertz CT molecular complexity index is 947. The first-order chi connectivity index (χ1) is 13.0. The summed E-state index contributed by atoms with van der Waals surface area (Å²) >= 11 is 1.48. The molecule has 0 amide bonds. The standard InChI is InChI=1S/C20H19FN2O3S/c1-13-11-17(14(2)23(13)20-22-9-10-27-20)18(24)12-26-19(25)8-5-15-3-6-16(21)7-4-15/h3-4,6-7,9-11H,5,8,12H2,1-2H3. The molecule has 0 saturated carbocycles. The molecule has 0 unspecified atom stereocenters. The van der Waals surface area contributed by atoms with Crippen LogP contribution < -0.4 is 0 Å². The SMILES string of the molecule is Cc1cc(C(=O)COC(=O)CCc2ccc(F)cc2)c(C)n1-c1nccs1. The van der Waals surface area contributed by atoms with Crippen molar-refractivity contribution in [3.63, 3.8) is 0 Å². The Morgan fingerprint density at radius 2 is 1.96 bits per heavy atom. The maximum atomic E-state index is 12.9. The number of esters is 1. The summed E-state index contributed by atoms with van der Waals surface area (Å²) in [5.41, 5.74) is 3.03. The number of thiazole rings is 1. The van der Waals surface area contributed by atoms with Crippen molar-refractivity contribution in [2.75, 3.05) is 6.61 Å². The number of benzene rings is 1. The zero-order chi connectivity index (χ0) is 19.4. The molecule has 0 N–H and O–H groups in total. The Kier molecular flexibility index (Phi) is 5.81. The molecule has 5 nitrogen and oxygen atoms in total. The average Bonchev–Trinajstić information content (AvgIpc) is 3.27. The van der Waals surface area contributed by atoms with E-state index in [0.717, 1.165) is 22.1 Å². The molecule has 7 heteroatoms. The van der Waals surface area contributed by atoms with Gasteiger partial charge in [0, 0.05) is 34.9 Å². The third kappa shape index (κ3) is 4.49. The van der Waals surface area contributed by atoms with Gasteiger partial charge in [-0.2, -0.15) is 0 Å². The number of hydrogen-bond donors (Lipinski definition) is 0. The van der Waals surface area contributed by atoms with E-state index >= 15 is 0 Å². The number of Topliss-reactive ketones (excluding diaryl/α,β-unsaturated/α-hetero) is 1. The second kappa shape index (κ2) is 8.26. The van der Waals surface area contributed by atoms with Crippen LogP contribution >= 0.6 is 11.3 Å². The van der Waals surface area contributed by atoms with E-state index in [0.29, 0.717) is 12.0 Å². The van der Waals surface area contributed by atoms with Crippen molar-refractivity contribution in [1.82, 2.24) is 9.55 Å². The molecular formula is C20H19FN2O3S. The van der Waals surface area contributed by atoms with Gasteiger partial charge in [-0.1, -0.05) is 12.1 Å². The fourth-order valence-corrected chi connectivity index (χ4v) is 3.61. The van der Waals surface area contributed by atoms with Gasteiger partial charge in [-0.15, -0.1) is 11.3 Å². The minimum atomic E-state index is -0.457. The smallest absolute Gasteiger partial charge is 0.306 e. The topological polar surface area (TPSA) is 61.2 Å². The third-order valence-electron chi connectivity index (χ3n) is 4.24. The summed E-state index contributed by atoms with van der Waals surface area (Å²) in [4.78, 5) is 28.6. The van der Waals surface area contributed by atoms with Gasteiger partial charge in [0.05, 0.1) is 0 Å². The lowest BCUT2D eigenvalue weighted by Crippen LogP contribution is -2.15. The molecule has 0 atom stereocenters. The van der Waals surface area contributed by atoms with Crippen LogP contribution in [0.5, 0.6) is 0 Å². The highest BCUT2D eigenvalue weighted by Crippen LogP contribution is 2.22. The molecule has 0 radical (unpaired) electrons. The highest BCUT2D eigenvalue weighted by Gasteiger charge is 2.19.